The van der Waals surface area contributed by atoms with Gasteiger partial charge in [0, 0.05) is 12.7 Å². The van der Waals surface area contributed by atoms with Crippen LogP contribution in [0, 0.1) is 0 Å². The summed E-state index contributed by atoms with van der Waals surface area (Å²) in [7, 11) is 0. The number of rotatable bonds is 13. The first kappa shape index (κ1) is 17.3. The molecule has 1 aliphatic rings. The van der Waals surface area contributed by atoms with Crippen LogP contribution in [0.5, 0.6) is 0 Å². The largest absolute Gasteiger partial charge is 0.295 e. The van der Waals surface area contributed by atoms with Gasteiger partial charge < -0.3 is 0 Å². The lowest BCUT2D eigenvalue weighted by molar-refractivity contribution is 0.136. The van der Waals surface area contributed by atoms with Crippen molar-refractivity contribution in [3.63, 3.8) is 0 Å². The lowest BCUT2D eigenvalue weighted by atomic mass is 10.1. The van der Waals surface area contributed by atoms with Gasteiger partial charge in [0.25, 0.3) is 0 Å². The average molecular weight is 282 g/mol. The Morgan fingerprint density at radius 3 is 1.70 bits per heavy atom. The second kappa shape index (κ2) is 12.0. The zero-order chi connectivity index (χ0) is 14.5. The van der Waals surface area contributed by atoms with Crippen molar-refractivity contribution in [3.8, 4) is 0 Å². The molecule has 0 aromatic rings. The van der Waals surface area contributed by atoms with Gasteiger partial charge in [0.1, 0.15) is 0 Å². The van der Waals surface area contributed by atoms with E-state index in [1.807, 2.05) is 17.4 Å². The highest BCUT2D eigenvalue weighted by Gasteiger charge is 2.06. The normalized spacial score (nSPS) is 14.5. The number of nitrogens with one attached hydrogen (secondary N) is 1. The van der Waals surface area contributed by atoms with Gasteiger partial charge in [0.2, 0.25) is 0 Å². The van der Waals surface area contributed by atoms with Crippen molar-refractivity contribution in [1.82, 2.24) is 15.7 Å². The molecule has 0 radical (unpaired) electrons. The monoisotopic (exact) mass is 282 g/mol. The number of unbranched alkanes of at least 4 members (excludes halogenated alkanes) is 11. The molecule has 1 aliphatic heterocycles. The molecule has 0 saturated carbocycles. The maximum absolute atomic E-state index is 5.56. The summed E-state index contributed by atoms with van der Waals surface area (Å²) in [4.78, 5) is 0. The molecule has 3 N–H and O–H groups in total. The van der Waals surface area contributed by atoms with Crippen LogP contribution in [0.15, 0.2) is 12.4 Å². The fourth-order valence-corrected chi connectivity index (χ4v) is 2.61. The Balaban J connectivity index is 1.71. The van der Waals surface area contributed by atoms with E-state index in [9.17, 15) is 0 Å². The minimum absolute atomic E-state index is 1.04. The lowest BCUT2D eigenvalue weighted by Crippen LogP contribution is -2.43. The van der Waals surface area contributed by atoms with E-state index in [1.165, 1.54) is 82.2 Å². The number of nitrogens with zero attached hydrogens (tertiary/aromatic N) is 2. The molecule has 0 aromatic heterocycles. The summed E-state index contributed by atoms with van der Waals surface area (Å²) >= 11 is 0. The van der Waals surface area contributed by atoms with E-state index in [0.717, 1.165) is 6.54 Å². The Hall–Kier alpha value is -0.740. The molecule has 1 rings (SSSR count). The third kappa shape index (κ3) is 9.21. The molecule has 0 bridgehead atoms. The summed E-state index contributed by atoms with van der Waals surface area (Å²) in [5.41, 5.74) is 3.03. The zero-order valence-electron chi connectivity index (χ0n) is 13.3. The summed E-state index contributed by atoms with van der Waals surface area (Å²) in [6, 6.07) is 0. The highest BCUT2D eigenvalue weighted by Crippen LogP contribution is 2.12. The maximum Gasteiger partial charge on any atom is 0.0531 e. The molecule has 0 amide bonds. The van der Waals surface area contributed by atoms with Crippen molar-refractivity contribution < 1.29 is 0 Å². The van der Waals surface area contributed by atoms with E-state index >= 15 is 0 Å². The van der Waals surface area contributed by atoms with Crippen molar-refractivity contribution >= 4 is 0 Å². The molecule has 0 atom stereocenters. The summed E-state index contributed by atoms with van der Waals surface area (Å²) in [6.07, 6.45) is 20.6. The number of hydrogen-bond donors (Lipinski definition) is 2. The van der Waals surface area contributed by atoms with Crippen molar-refractivity contribution in [2.24, 2.45) is 5.84 Å². The number of nitrogens with two attached hydrogens (primary N) is 1. The van der Waals surface area contributed by atoms with Crippen LogP contribution in [0.4, 0.5) is 0 Å². The van der Waals surface area contributed by atoms with Gasteiger partial charge in [-0.3, -0.25) is 5.01 Å². The van der Waals surface area contributed by atoms with Gasteiger partial charge in [-0.15, -0.1) is 5.53 Å². The Kier molecular flexibility index (Phi) is 10.4. The molecule has 0 saturated heterocycles. The van der Waals surface area contributed by atoms with Crippen molar-refractivity contribution in [1.29, 1.82) is 0 Å². The molecule has 0 fully saturated rings. The molecule has 0 unspecified atom stereocenters. The molecule has 4 nitrogen and oxygen atoms in total. The van der Waals surface area contributed by atoms with Gasteiger partial charge in [-0.05, 0) is 6.42 Å². The fraction of sp³-hybridized carbons (Fsp3) is 0.875. The van der Waals surface area contributed by atoms with Crippen molar-refractivity contribution in [2.75, 3.05) is 6.54 Å². The van der Waals surface area contributed by atoms with Crippen LogP contribution in [-0.4, -0.2) is 16.7 Å². The average Bonchev–Trinajstić information content (AvgIpc) is 2.86. The Morgan fingerprint density at radius 1 is 0.750 bits per heavy atom. The number of hydrazine groups is 3. The first-order chi connectivity index (χ1) is 9.83. The minimum Gasteiger partial charge on any atom is -0.295 e. The predicted octanol–water partition coefficient (Wildman–Crippen LogP) is 4.07. The van der Waals surface area contributed by atoms with Crippen LogP contribution in [0.3, 0.4) is 0 Å². The smallest absolute Gasteiger partial charge is 0.0531 e. The highest BCUT2D eigenvalue weighted by molar-refractivity contribution is 4.82. The van der Waals surface area contributed by atoms with Gasteiger partial charge in [-0.1, -0.05) is 77.6 Å². The van der Waals surface area contributed by atoms with Crippen LogP contribution < -0.4 is 11.4 Å². The Bertz CT molecular complexity index is 243. The molecule has 118 valence electrons. The molecule has 4 heteroatoms. The fourth-order valence-electron chi connectivity index (χ4n) is 2.61. The van der Waals surface area contributed by atoms with Gasteiger partial charge >= 0.3 is 0 Å². The van der Waals surface area contributed by atoms with E-state index in [1.54, 1.807) is 0 Å². The van der Waals surface area contributed by atoms with Crippen LogP contribution in [0.25, 0.3) is 0 Å². The molecule has 0 aromatic carbocycles. The first-order valence-electron chi connectivity index (χ1n) is 8.58. The summed E-state index contributed by atoms with van der Waals surface area (Å²) < 4.78 is 0. The first-order valence-corrected chi connectivity index (χ1v) is 8.58. The SMILES string of the molecule is CCCCCCCCCCCCCCN1C=CN(N)N1. The summed E-state index contributed by atoms with van der Waals surface area (Å²) in [5.74, 6) is 5.56. The standard InChI is InChI=1S/C16H34N4/c1-2-3-4-5-6-7-8-9-10-11-12-13-14-19-15-16-20(17)18-19/h15-16,18H,2-14,17H2,1H3. The summed E-state index contributed by atoms with van der Waals surface area (Å²) in [6.45, 7) is 3.32. The molecular weight excluding hydrogens is 248 g/mol. The molecule has 0 aliphatic carbocycles. The van der Waals surface area contributed by atoms with Gasteiger partial charge in [-0.2, -0.15) is 0 Å². The second-order valence-corrected chi connectivity index (χ2v) is 5.89. The quantitative estimate of drug-likeness (QED) is 0.395. The van der Waals surface area contributed by atoms with Crippen LogP contribution >= 0.6 is 0 Å². The molecular formula is C16H34N4. The van der Waals surface area contributed by atoms with Gasteiger partial charge in [0.15, 0.2) is 0 Å². The molecule has 0 spiro atoms. The van der Waals surface area contributed by atoms with Crippen molar-refractivity contribution in [2.45, 2.75) is 84.0 Å². The van der Waals surface area contributed by atoms with E-state index in [0.29, 0.717) is 0 Å². The van der Waals surface area contributed by atoms with E-state index in [2.05, 4.69) is 12.5 Å². The van der Waals surface area contributed by atoms with Crippen molar-refractivity contribution in [3.05, 3.63) is 12.4 Å². The van der Waals surface area contributed by atoms with Crippen LogP contribution in [0.2, 0.25) is 0 Å². The minimum atomic E-state index is 1.04. The third-order valence-corrected chi connectivity index (χ3v) is 3.90. The topological polar surface area (TPSA) is 44.5 Å². The van der Waals surface area contributed by atoms with E-state index in [-0.39, 0.29) is 0 Å². The van der Waals surface area contributed by atoms with Crippen LogP contribution in [-0.2, 0) is 0 Å². The zero-order valence-corrected chi connectivity index (χ0v) is 13.3. The lowest BCUT2D eigenvalue weighted by Gasteiger charge is -2.18. The van der Waals surface area contributed by atoms with E-state index < -0.39 is 0 Å². The van der Waals surface area contributed by atoms with Gasteiger partial charge in [0.05, 0.1) is 6.20 Å². The highest BCUT2D eigenvalue weighted by atomic mass is 15.8. The summed E-state index contributed by atoms with van der Waals surface area (Å²) in [5, 5.41) is 3.52. The van der Waals surface area contributed by atoms with E-state index in [4.69, 9.17) is 5.84 Å². The number of hydrogen-bond acceptors (Lipinski definition) is 4. The Labute approximate surface area is 125 Å². The van der Waals surface area contributed by atoms with Crippen LogP contribution in [0.1, 0.15) is 84.0 Å². The predicted molar refractivity (Wildman–Crippen MR) is 86.1 cm³/mol. The maximum atomic E-state index is 5.56. The van der Waals surface area contributed by atoms with Gasteiger partial charge in [-0.25, -0.2) is 11.0 Å². The second-order valence-electron chi connectivity index (χ2n) is 5.89. The Morgan fingerprint density at radius 2 is 1.25 bits per heavy atom. The molecule has 1 heterocycles. The molecule has 20 heavy (non-hydrogen) atoms. The third-order valence-electron chi connectivity index (χ3n) is 3.90.